The molecule has 1 aromatic heterocycles. The van der Waals surface area contributed by atoms with Crippen molar-refractivity contribution in [3.05, 3.63) is 42.0 Å². The zero-order valence-electron chi connectivity index (χ0n) is 14.9. The minimum atomic E-state index is -0.918. The molecule has 8 nitrogen and oxygen atoms in total. The molecule has 2 heterocycles. The largest absolute Gasteiger partial charge is 0.465 e. The van der Waals surface area contributed by atoms with E-state index in [2.05, 4.69) is 20.7 Å². The van der Waals surface area contributed by atoms with Crippen molar-refractivity contribution in [1.82, 2.24) is 30.4 Å². The molecular formula is C18H23FN6O2. The average molecular weight is 374 g/mol. The number of benzene rings is 1. The van der Waals surface area contributed by atoms with E-state index in [0.717, 1.165) is 24.9 Å². The fraction of sp³-hybridized carbons (Fsp3) is 0.556. The summed E-state index contributed by atoms with van der Waals surface area (Å²) < 4.78 is 13.3. The van der Waals surface area contributed by atoms with Crippen LogP contribution in [0.2, 0.25) is 0 Å². The van der Waals surface area contributed by atoms with Gasteiger partial charge in [-0.05, 0) is 61.1 Å². The molecule has 2 N–H and O–H groups in total. The first kappa shape index (κ1) is 17.8. The second-order valence-corrected chi connectivity index (χ2v) is 7.30. The third-order valence-corrected chi connectivity index (χ3v) is 5.74. The van der Waals surface area contributed by atoms with Crippen molar-refractivity contribution in [2.75, 3.05) is 13.1 Å². The van der Waals surface area contributed by atoms with Crippen LogP contribution in [-0.2, 0) is 0 Å². The van der Waals surface area contributed by atoms with Crippen molar-refractivity contribution < 1.29 is 14.3 Å². The molecule has 4 atom stereocenters. The number of tetrazole rings is 1. The predicted octanol–water partition coefficient (Wildman–Crippen LogP) is 2.03. The van der Waals surface area contributed by atoms with Gasteiger partial charge >= 0.3 is 6.09 Å². The summed E-state index contributed by atoms with van der Waals surface area (Å²) in [5.74, 6) is -0.159. The summed E-state index contributed by atoms with van der Waals surface area (Å²) in [6.45, 7) is 1.57. The number of nitrogens with zero attached hydrogens (tertiary/aromatic N) is 5. The quantitative estimate of drug-likeness (QED) is 0.850. The molecule has 27 heavy (non-hydrogen) atoms. The van der Waals surface area contributed by atoms with Crippen LogP contribution < -0.4 is 5.32 Å². The van der Waals surface area contributed by atoms with Gasteiger partial charge in [0.05, 0.1) is 12.1 Å². The standard InChI is InChI=1S/C18H23FN6O2/c19-14-5-3-12(4-6-14)13-8-16(17(9-13)25-22-11-21-23-25)24(18(26)27)15-2-1-7-20-10-15/h3-6,11,13,15-17,20H,1-2,7-10H2,(H,26,27). The molecule has 2 aliphatic rings. The lowest BCUT2D eigenvalue weighted by Crippen LogP contribution is -2.54. The summed E-state index contributed by atoms with van der Waals surface area (Å²) in [5, 5.41) is 25.3. The summed E-state index contributed by atoms with van der Waals surface area (Å²) in [7, 11) is 0. The Morgan fingerprint density at radius 1 is 1.30 bits per heavy atom. The number of piperidine rings is 1. The fourth-order valence-electron chi connectivity index (χ4n) is 4.51. The van der Waals surface area contributed by atoms with Crippen molar-refractivity contribution >= 4 is 6.09 Å². The number of carbonyl (C=O) groups is 1. The van der Waals surface area contributed by atoms with Gasteiger partial charge in [0.25, 0.3) is 0 Å². The predicted molar refractivity (Wildman–Crippen MR) is 94.8 cm³/mol. The maximum Gasteiger partial charge on any atom is 0.407 e. The molecule has 1 amide bonds. The topological polar surface area (TPSA) is 96.2 Å². The molecule has 1 saturated heterocycles. The van der Waals surface area contributed by atoms with Crippen LogP contribution in [0.1, 0.15) is 43.2 Å². The first-order valence-electron chi connectivity index (χ1n) is 9.33. The highest BCUT2D eigenvalue weighted by Gasteiger charge is 2.45. The molecular weight excluding hydrogens is 351 g/mol. The lowest BCUT2D eigenvalue weighted by atomic mass is 9.97. The summed E-state index contributed by atoms with van der Waals surface area (Å²) in [5.41, 5.74) is 1.01. The molecule has 4 rings (SSSR count). The van der Waals surface area contributed by atoms with E-state index < -0.39 is 6.09 Å². The van der Waals surface area contributed by atoms with Crippen LogP contribution in [-0.4, -0.2) is 61.5 Å². The number of halogens is 1. The normalized spacial score (nSPS) is 28.2. The SMILES string of the molecule is O=C(O)N(C1CCCNC1)C1CC(c2ccc(F)cc2)CC1n1ncnn1. The molecule has 1 aliphatic carbocycles. The van der Waals surface area contributed by atoms with Crippen molar-refractivity contribution in [2.24, 2.45) is 0 Å². The Balaban J connectivity index is 1.64. The van der Waals surface area contributed by atoms with Gasteiger partial charge in [-0.1, -0.05) is 12.1 Å². The van der Waals surface area contributed by atoms with Gasteiger partial charge in [-0.3, -0.25) is 4.90 Å². The van der Waals surface area contributed by atoms with Crippen LogP contribution >= 0.6 is 0 Å². The number of nitrogens with one attached hydrogen (secondary N) is 1. The molecule has 0 bridgehead atoms. The van der Waals surface area contributed by atoms with Crippen LogP contribution in [0.25, 0.3) is 0 Å². The van der Waals surface area contributed by atoms with Gasteiger partial charge in [-0.15, -0.1) is 10.2 Å². The molecule has 9 heteroatoms. The smallest absolute Gasteiger partial charge is 0.407 e. The van der Waals surface area contributed by atoms with E-state index in [-0.39, 0.29) is 29.9 Å². The minimum Gasteiger partial charge on any atom is -0.465 e. The number of amides is 1. The Morgan fingerprint density at radius 2 is 2.11 bits per heavy atom. The number of rotatable bonds is 4. The fourth-order valence-corrected chi connectivity index (χ4v) is 4.51. The van der Waals surface area contributed by atoms with Gasteiger partial charge in [0.1, 0.15) is 5.82 Å². The van der Waals surface area contributed by atoms with Gasteiger partial charge in [0.15, 0.2) is 6.33 Å². The zero-order valence-corrected chi connectivity index (χ0v) is 14.9. The Labute approximate surface area is 156 Å². The highest BCUT2D eigenvalue weighted by Crippen LogP contribution is 2.44. The van der Waals surface area contributed by atoms with Crippen molar-refractivity contribution in [1.29, 1.82) is 0 Å². The van der Waals surface area contributed by atoms with Crippen LogP contribution in [0.15, 0.2) is 30.6 Å². The number of aromatic nitrogens is 4. The third-order valence-electron chi connectivity index (χ3n) is 5.74. The summed E-state index contributed by atoms with van der Waals surface area (Å²) in [6.07, 6.45) is 3.59. The Bertz CT molecular complexity index is 763. The van der Waals surface area contributed by atoms with E-state index in [0.29, 0.717) is 19.4 Å². The van der Waals surface area contributed by atoms with E-state index in [4.69, 9.17) is 0 Å². The Kier molecular flexibility index (Phi) is 5.02. The molecule has 4 unspecified atom stereocenters. The minimum absolute atomic E-state index is 0.0701. The molecule has 0 radical (unpaired) electrons. The molecule has 1 saturated carbocycles. The zero-order chi connectivity index (χ0) is 18.8. The summed E-state index contributed by atoms with van der Waals surface area (Å²) in [4.78, 5) is 15.3. The lowest BCUT2D eigenvalue weighted by molar-refractivity contribution is 0.0719. The van der Waals surface area contributed by atoms with Gasteiger partial charge in [0, 0.05) is 12.6 Å². The lowest BCUT2D eigenvalue weighted by Gasteiger charge is -2.38. The van der Waals surface area contributed by atoms with Crippen molar-refractivity contribution in [3.63, 3.8) is 0 Å². The summed E-state index contributed by atoms with van der Waals surface area (Å²) >= 11 is 0. The van der Waals surface area contributed by atoms with Crippen LogP contribution in [0.5, 0.6) is 0 Å². The van der Waals surface area contributed by atoms with E-state index in [1.165, 1.54) is 23.3 Å². The van der Waals surface area contributed by atoms with Gasteiger partial charge in [-0.25, -0.2) is 9.18 Å². The Morgan fingerprint density at radius 3 is 2.74 bits per heavy atom. The maximum atomic E-state index is 13.3. The molecule has 144 valence electrons. The van der Waals surface area contributed by atoms with Gasteiger partial charge in [0.2, 0.25) is 0 Å². The molecule has 1 aromatic carbocycles. The van der Waals surface area contributed by atoms with E-state index in [9.17, 15) is 14.3 Å². The number of hydrogen-bond donors (Lipinski definition) is 2. The number of carboxylic acid groups (broad SMARTS) is 1. The second kappa shape index (κ2) is 7.59. The number of hydrogen-bond acceptors (Lipinski definition) is 5. The van der Waals surface area contributed by atoms with E-state index in [1.54, 1.807) is 17.0 Å². The molecule has 1 aliphatic heterocycles. The Hall–Kier alpha value is -2.55. The monoisotopic (exact) mass is 374 g/mol. The van der Waals surface area contributed by atoms with Crippen LogP contribution in [0, 0.1) is 5.82 Å². The van der Waals surface area contributed by atoms with Crippen molar-refractivity contribution in [3.8, 4) is 0 Å². The first-order valence-corrected chi connectivity index (χ1v) is 9.33. The summed E-state index contributed by atoms with van der Waals surface area (Å²) in [6, 6.07) is 5.94. The van der Waals surface area contributed by atoms with Gasteiger partial charge < -0.3 is 10.4 Å². The molecule has 2 fully saturated rings. The average Bonchev–Trinajstić information content (AvgIpc) is 3.33. The van der Waals surface area contributed by atoms with Crippen molar-refractivity contribution in [2.45, 2.75) is 49.7 Å². The van der Waals surface area contributed by atoms with Crippen LogP contribution in [0.4, 0.5) is 9.18 Å². The molecule has 0 spiro atoms. The highest BCUT2D eigenvalue weighted by molar-refractivity contribution is 5.66. The van der Waals surface area contributed by atoms with E-state index >= 15 is 0 Å². The highest BCUT2D eigenvalue weighted by atomic mass is 19.1. The molecule has 2 aromatic rings. The third kappa shape index (κ3) is 3.64. The van der Waals surface area contributed by atoms with Crippen LogP contribution in [0.3, 0.4) is 0 Å². The first-order chi connectivity index (χ1) is 13.1. The second-order valence-electron chi connectivity index (χ2n) is 7.30. The maximum absolute atomic E-state index is 13.3. The van der Waals surface area contributed by atoms with Gasteiger partial charge in [-0.2, -0.15) is 4.80 Å². The van der Waals surface area contributed by atoms with E-state index in [1.807, 2.05) is 0 Å².